The average molecular weight is 258 g/mol. The molecule has 0 radical (unpaired) electrons. The van der Waals surface area contributed by atoms with Gasteiger partial charge in [0.15, 0.2) is 11.5 Å². The zero-order valence-corrected chi connectivity index (χ0v) is 9.41. The van der Waals surface area contributed by atoms with E-state index in [1.165, 1.54) is 12.1 Å². The number of hydrogen-bond donors (Lipinski definition) is 2. The van der Waals surface area contributed by atoms with Crippen LogP contribution < -0.4 is 20.5 Å². The van der Waals surface area contributed by atoms with Crippen molar-refractivity contribution in [2.24, 2.45) is 5.73 Å². The van der Waals surface area contributed by atoms with E-state index in [9.17, 15) is 13.6 Å². The van der Waals surface area contributed by atoms with E-state index in [0.717, 1.165) is 0 Å². The molecule has 0 unspecified atom stereocenters. The van der Waals surface area contributed by atoms with E-state index in [1.54, 1.807) is 6.07 Å². The molecule has 0 fully saturated rings. The number of halogens is 2. The highest BCUT2D eigenvalue weighted by Gasteiger charge is 2.27. The highest BCUT2D eigenvalue weighted by Crippen LogP contribution is 2.32. The largest absolute Gasteiger partial charge is 0.454 e. The maximum absolute atomic E-state index is 12.9. The molecule has 2 rings (SSSR count). The van der Waals surface area contributed by atoms with E-state index < -0.39 is 24.9 Å². The van der Waals surface area contributed by atoms with Gasteiger partial charge >= 0.3 is 0 Å². The molecule has 7 heteroatoms. The molecular weight excluding hydrogens is 246 g/mol. The number of rotatable bonds is 4. The Hall–Kier alpha value is -1.89. The van der Waals surface area contributed by atoms with Gasteiger partial charge < -0.3 is 20.5 Å². The van der Waals surface area contributed by atoms with Crippen LogP contribution in [0.2, 0.25) is 0 Å². The minimum absolute atomic E-state index is 0.0889. The van der Waals surface area contributed by atoms with E-state index in [1.807, 2.05) is 0 Å². The molecule has 1 aromatic rings. The Morgan fingerprint density at radius 1 is 1.39 bits per heavy atom. The van der Waals surface area contributed by atoms with Crippen LogP contribution in [0.15, 0.2) is 18.2 Å². The number of amides is 1. The molecule has 0 bridgehead atoms. The summed E-state index contributed by atoms with van der Waals surface area (Å²) >= 11 is 0. The lowest BCUT2D eigenvalue weighted by Crippen LogP contribution is -2.41. The third-order valence-electron chi connectivity index (χ3n) is 2.44. The van der Waals surface area contributed by atoms with Crippen LogP contribution in [0, 0.1) is 0 Å². The molecule has 1 aliphatic heterocycles. The van der Waals surface area contributed by atoms with Crippen molar-refractivity contribution in [3.05, 3.63) is 23.8 Å². The first-order valence-electron chi connectivity index (χ1n) is 5.27. The average Bonchev–Trinajstić information content (AvgIpc) is 2.83. The molecule has 3 N–H and O–H groups in total. The minimum atomic E-state index is -3.11. The summed E-state index contributed by atoms with van der Waals surface area (Å²) in [6.45, 7) is -1.52. The molecule has 0 spiro atoms. The van der Waals surface area contributed by atoms with Crippen molar-refractivity contribution in [2.45, 2.75) is 5.92 Å². The smallest absolute Gasteiger partial charge is 0.277 e. The van der Waals surface area contributed by atoms with Gasteiger partial charge in [-0.1, -0.05) is 0 Å². The van der Waals surface area contributed by atoms with Crippen molar-refractivity contribution >= 4 is 5.91 Å². The molecule has 0 aromatic heterocycles. The van der Waals surface area contributed by atoms with Crippen molar-refractivity contribution in [3.8, 4) is 11.5 Å². The first kappa shape index (κ1) is 12.6. The van der Waals surface area contributed by atoms with Crippen LogP contribution in [0.1, 0.15) is 10.4 Å². The summed E-state index contributed by atoms with van der Waals surface area (Å²) in [5, 5.41) is 2.12. The summed E-state index contributed by atoms with van der Waals surface area (Å²) in [7, 11) is 0. The lowest BCUT2D eigenvalue weighted by atomic mass is 10.2. The van der Waals surface area contributed by atoms with Crippen LogP contribution >= 0.6 is 0 Å². The quantitative estimate of drug-likeness (QED) is 0.835. The predicted molar refractivity (Wildman–Crippen MR) is 58.9 cm³/mol. The standard InChI is InChI=1S/C11H12F2N2O3/c12-11(13,4-14)5-15-10(16)7-1-2-8-9(3-7)18-6-17-8/h1-3H,4-6,14H2,(H,15,16). The number of hydrogen-bond acceptors (Lipinski definition) is 4. The van der Waals surface area contributed by atoms with Crippen molar-refractivity contribution in [3.63, 3.8) is 0 Å². The summed E-state index contributed by atoms with van der Waals surface area (Å²) in [6, 6.07) is 4.47. The fraction of sp³-hybridized carbons (Fsp3) is 0.364. The number of nitrogens with one attached hydrogen (secondary N) is 1. The predicted octanol–water partition coefficient (Wildman–Crippen LogP) is 0.739. The Labute approximate surface area is 102 Å². The summed E-state index contributed by atoms with van der Waals surface area (Å²) < 4.78 is 35.9. The topological polar surface area (TPSA) is 73.6 Å². The lowest BCUT2D eigenvalue weighted by Gasteiger charge is -2.14. The summed E-state index contributed by atoms with van der Waals surface area (Å²) in [5.41, 5.74) is 5.10. The molecule has 0 saturated carbocycles. The second-order valence-electron chi connectivity index (χ2n) is 3.81. The van der Waals surface area contributed by atoms with E-state index in [0.29, 0.717) is 11.5 Å². The molecule has 5 nitrogen and oxygen atoms in total. The SMILES string of the molecule is NCC(F)(F)CNC(=O)c1ccc2c(c1)OCO2. The molecule has 18 heavy (non-hydrogen) atoms. The molecule has 1 aliphatic rings. The van der Waals surface area contributed by atoms with Gasteiger partial charge in [0.25, 0.3) is 11.8 Å². The normalized spacial score (nSPS) is 13.5. The molecule has 0 saturated heterocycles. The van der Waals surface area contributed by atoms with Gasteiger partial charge in [0.1, 0.15) is 0 Å². The van der Waals surface area contributed by atoms with Gasteiger partial charge in [0, 0.05) is 5.56 Å². The van der Waals surface area contributed by atoms with Crippen molar-refractivity contribution in [2.75, 3.05) is 19.9 Å². The van der Waals surface area contributed by atoms with E-state index in [2.05, 4.69) is 5.32 Å². The van der Waals surface area contributed by atoms with Crippen LogP contribution in [0.5, 0.6) is 11.5 Å². The maximum Gasteiger partial charge on any atom is 0.277 e. The summed E-state index contributed by atoms with van der Waals surface area (Å²) in [5.74, 6) is -2.76. The second-order valence-corrected chi connectivity index (χ2v) is 3.81. The molecule has 0 atom stereocenters. The number of nitrogens with two attached hydrogens (primary N) is 1. The highest BCUT2D eigenvalue weighted by atomic mass is 19.3. The van der Waals surface area contributed by atoms with Gasteiger partial charge in [-0.2, -0.15) is 0 Å². The maximum atomic E-state index is 12.9. The Morgan fingerprint density at radius 3 is 2.83 bits per heavy atom. The number of fused-ring (bicyclic) bond motifs is 1. The van der Waals surface area contributed by atoms with Crippen molar-refractivity contribution in [1.29, 1.82) is 0 Å². The molecular formula is C11H12F2N2O3. The molecule has 1 heterocycles. The number of benzene rings is 1. The number of alkyl halides is 2. The lowest BCUT2D eigenvalue weighted by molar-refractivity contribution is 0.0118. The van der Waals surface area contributed by atoms with Crippen LogP contribution in [0.25, 0.3) is 0 Å². The van der Waals surface area contributed by atoms with Gasteiger partial charge in [-0.05, 0) is 18.2 Å². The van der Waals surface area contributed by atoms with E-state index in [4.69, 9.17) is 15.2 Å². The molecule has 1 aromatic carbocycles. The first-order chi connectivity index (χ1) is 8.52. The zero-order chi connectivity index (χ0) is 13.2. The van der Waals surface area contributed by atoms with Crippen molar-refractivity contribution < 1.29 is 23.0 Å². The van der Waals surface area contributed by atoms with Gasteiger partial charge in [0.05, 0.1) is 13.1 Å². The summed E-state index contributed by atoms with van der Waals surface area (Å²) in [4.78, 5) is 11.6. The van der Waals surface area contributed by atoms with Gasteiger partial charge in [0.2, 0.25) is 6.79 Å². The zero-order valence-electron chi connectivity index (χ0n) is 9.41. The van der Waals surface area contributed by atoms with Crippen LogP contribution in [0.4, 0.5) is 8.78 Å². The van der Waals surface area contributed by atoms with Gasteiger partial charge in [-0.25, -0.2) is 8.78 Å². The van der Waals surface area contributed by atoms with Crippen LogP contribution in [-0.4, -0.2) is 31.7 Å². The Kier molecular flexibility index (Phi) is 3.33. The first-order valence-corrected chi connectivity index (χ1v) is 5.27. The Morgan fingerprint density at radius 2 is 2.11 bits per heavy atom. The molecule has 0 aliphatic carbocycles. The van der Waals surface area contributed by atoms with Crippen LogP contribution in [0.3, 0.4) is 0 Å². The monoisotopic (exact) mass is 258 g/mol. The van der Waals surface area contributed by atoms with Crippen LogP contribution in [-0.2, 0) is 0 Å². The number of carbonyl (C=O) groups excluding carboxylic acids is 1. The van der Waals surface area contributed by atoms with Gasteiger partial charge in [-0.3, -0.25) is 4.79 Å². The third kappa shape index (κ3) is 2.67. The fourth-order valence-corrected chi connectivity index (χ4v) is 1.42. The number of ether oxygens (including phenoxy) is 2. The van der Waals surface area contributed by atoms with Crippen molar-refractivity contribution in [1.82, 2.24) is 5.32 Å². The third-order valence-corrected chi connectivity index (χ3v) is 2.44. The molecule has 98 valence electrons. The Bertz CT molecular complexity index is 466. The second kappa shape index (κ2) is 4.77. The van der Waals surface area contributed by atoms with Gasteiger partial charge in [-0.15, -0.1) is 0 Å². The number of carbonyl (C=O) groups is 1. The Balaban J connectivity index is 2.01. The highest BCUT2D eigenvalue weighted by molar-refractivity contribution is 5.94. The van der Waals surface area contributed by atoms with E-state index in [-0.39, 0.29) is 12.4 Å². The van der Waals surface area contributed by atoms with E-state index >= 15 is 0 Å². The summed E-state index contributed by atoms with van der Waals surface area (Å²) in [6.07, 6.45) is 0. The molecule has 1 amide bonds. The fourth-order valence-electron chi connectivity index (χ4n) is 1.42. The minimum Gasteiger partial charge on any atom is -0.454 e.